The zero-order chi connectivity index (χ0) is 22.8. The molecule has 1 saturated heterocycles. The summed E-state index contributed by atoms with van der Waals surface area (Å²) in [5.41, 5.74) is 3.77. The first-order valence-electron chi connectivity index (χ1n) is 10.4. The van der Waals surface area contributed by atoms with Crippen molar-refractivity contribution in [1.82, 2.24) is 10.7 Å². The Bertz CT molecular complexity index is 946. The molecule has 1 atom stereocenters. The molecule has 32 heavy (non-hydrogen) atoms. The van der Waals surface area contributed by atoms with Crippen LogP contribution in [0.15, 0.2) is 47.6 Å². The lowest BCUT2D eigenvalue weighted by atomic mass is 10.2. The summed E-state index contributed by atoms with van der Waals surface area (Å²) in [4.78, 5) is 23.8. The van der Waals surface area contributed by atoms with Gasteiger partial charge < -0.3 is 19.5 Å². The molecule has 2 N–H and O–H groups in total. The van der Waals surface area contributed by atoms with Crippen LogP contribution in [0, 0.1) is 0 Å². The summed E-state index contributed by atoms with van der Waals surface area (Å²) in [6, 6.07) is 13.0. The first kappa shape index (κ1) is 23.6. The molecule has 8 nitrogen and oxygen atoms in total. The summed E-state index contributed by atoms with van der Waals surface area (Å²) >= 11 is 6.40. The zero-order valence-electron chi connectivity index (χ0n) is 17.8. The molecule has 2 aromatic carbocycles. The van der Waals surface area contributed by atoms with Gasteiger partial charge in [-0.3, -0.25) is 9.59 Å². The van der Waals surface area contributed by atoms with Gasteiger partial charge in [0.25, 0.3) is 0 Å². The van der Waals surface area contributed by atoms with Crippen molar-refractivity contribution in [2.45, 2.75) is 32.5 Å². The summed E-state index contributed by atoms with van der Waals surface area (Å²) in [5, 5.41) is 6.71. The van der Waals surface area contributed by atoms with Gasteiger partial charge in [0.05, 0.1) is 23.9 Å². The summed E-state index contributed by atoms with van der Waals surface area (Å²) in [5.74, 6) is -0.751. The molecule has 1 aliphatic heterocycles. The van der Waals surface area contributed by atoms with Crippen LogP contribution in [0.4, 0.5) is 0 Å². The minimum absolute atomic E-state index is 0.0444. The number of rotatable bonds is 9. The Morgan fingerprint density at radius 3 is 2.75 bits per heavy atom. The second-order valence-corrected chi connectivity index (χ2v) is 7.49. The van der Waals surface area contributed by atoms with Gasteiger partial charge in [0, 0.05) is 13.2 Å². The van der Waals surface area contributed by atoms with E-state index in [1.54, 1.807) is 12.1 Å². The van der Waals surface area contributed by atoms with Crippen LogP contribution in [0.5, 0.6) is 11.5 Å². The molecular weight excluding hydrogens is 434 g/mol. The quantitative estimate of drug-likeness (QED) is 0.341. The molecular formula is C23H26ClN3O5. The van der Waals surface area contributed by atoms with E-state index in [1.807, 2.05) is 37.3 Å². The Morgan fingerprint density at radius 1 is 1.22 bits per heavy atom. The average molecular weight is 460 g/mol. The minimum atomic E-state index is -0.863. The van der Waals surface area contributed by atoms with Crippen LogP contribution >= 0.6 is 11.6 Å². The van der Waals surface area contributed by atoms with Crippen LogP contribution in [-0.2, 0) is 20.9 Å². The van der Waals surface area contributed by atoms with Crippen LogP contribution < -0.4 is 20.2 Å². The molecule has 3 rings (SSSR count). The summed E-state index contributed by atoms with van der Waals surface area (Å²) in [7, 11) is 0. The molecule has 0 aliphatic carbocycles. The van der Waals surface area contributed by atoms with Crippen molar-refractivity contribution < 1.29 is 23.8 Å². The highest BCUT2D eigenvalue weighted by Crippen LogP contribution is 2.36. The number of benzene rings is 2. The largest absolute Gasteiger partial charge is 0.490 e. The lowest BCUT2D eigenvalue weighted by Crippen LogP contribution is -2.41. The highest BCUT2D eigenvalue weighted by molar-refractivity contribution is 6.35. The molecule has 0 saturated carbocycles. The second kappa shape index (κ2) is 12.1. The van der Waals surface area contributed by atoms with E-state index in [2.05, 4.69) is 15.8 Å². The number of nitrogens with zero attached hydrogens (tertiary/aromatic N) is 1. The van der Waals surface area contributed by atoms with E-state index in [4.69, 9.17) is 25.8 Å². The number of carbonyl (C=O) groups is 2. The van der Waals surface area contributed by atoms with Gasteiger partial charge in [-0.05, 0) is 43.0 Å². The van der Waals surface area contributed by atoms with Crippen molar-refractivity contribution in [3.8, 4) is 11.5 Å². The molecule has 1 aliphatic rings. The monoisotopic (exact) mass is 459 g/mol. The third kappa shape index (κ3) is 6.96. The topological polar surface area (TPSA) is 98.2 Å². The van der Waals surface area contributed by atoms with Gasteiger partial charge in [0.2, 0.25) is 0 Å². The molecule has 1 heterocycles. The Balaban J connectivity index is 1.58. The van der Waals surface area contributed by atoms with Crippen molar-refractivity contribution in [3.05, 3.63) is 58.6 Å². The molecule has 0 aromatic heterocycles. The predicted molar refractivity (Wildman–Crippen MR) is 121 cm³/mol. The molecule has 1 fully saturated rings. The summed E-state index contributed by atoms with van der Waals surface area (Å²) in [6.45, 7) is 3.59. The number of hydrogen-bond donors (Lipinski definition) is 2. The number of carbonyl (C=O) groups excluding carboxylic acids is 2. The lowest BCUT2D eigenvalue weighted by molar-refractivity contribution is -0.139. The Kier molecular flexibility index (Phi) is 8.89. The maximum atomic E-state index is 11.9. The lowest BCUT2D eigenvalue weighted by Gasteiger charge is -2.14. The fraction of sp³-hybridized carbons (Fsp3) is 0.348. The van der Waals surface area contributed by atoms with Gasteiger partial charge in [-0.15, -0.1) is 0 Å². The number of nitrogens with one attached hydrogen (secondary N) is 2. The molecule has 2 amide bonds. The Hall–Kier alpha value is -3.10. The second-order valence-electron chi connectivity index (χ2n) is 7.08. The number of halogens is 1. The van der Waals surface area contributed by atoms with Gasteiger partial charge in [0.15, 0.2) is 11.5 Å². The molecule has 0 spiro atoms. The van der Waals surface area contributed by atoms with Gasteiger partial charge in [0.1, 0.15) is 6.61 Å². The van der Waals surface area contributed by atoms with Crippen LogP contribution in [0.3, 0.4) is 0 Å². The van der Waals surface area contributed by atoms with E-state index in [0.29, 0.717) is 48.5 Å². The van der Waals surface area contributed by atoms with Crippen molar-refractivity contribution in [2.75, 3.05) is 19.8 Å². The first-order chi connectivity index (χ1) is 15.6. The fourth-order valence-corrected chi connectivity index (χ4v) is 3.38. The number of ether oxygens (including phenoxy) is 3. The molecule has 2 aromatic rings. The van der Waals surface area contributed by atoms with Crippen molar-refractivity contribution in [1.29, 1.82) is 0 Å². The highest BCUT2D eigenvalue weighted by Gasteiger charge is 2.19. The molecule has 170 valence electrons. The minimum Gasteiger partial charge on any atom is -0.490 e. The van der Waals surface area contributed by atoms with Gasteiger partial charge in [-0.1, -0.05) is 41.9 Å². The number of hydrogen-bond acceptors (Lipinski definition) is 6. The van der Waals surface area contributed by atoms with Crippen LogP contribution in [0.2, 0.25) is 5.02 Å². The van der Waals surface area contributed by atoms with E-state index in [9.17, 15) is 9.59 Å². The molecule has 9 heteroatoms. The van der Waals surface area contributed by atoms with Crippen LogP contribution in [0.25, 0.3) is 0 Å². The SMILES string of the molecule is CCOc1cc(/C=N\NC(=O)C(=O)NC[C@@H]2CCCO2)cc(Cl)c1OCc1ccccc1. The maximum absolute atomic E-state index is 11.9. The fourth-order valence-electron chi connectivity index (χ4n) is 3.10. The molecule has 0 unspecified atom stereocenters. The van der Waals surface area contributed by atoms with Crippen molar-refractivity contribution in [3.63, 3.8) is 0 Å². The van der Waals surface area contributed by atoms with Gasteiger partial charge in [-0.2, -0.15) is 5.10 Å². The molecule has 0 bridgehead atoms. The average Bonchev–Trinajstić information content (AvgIpc) is 3.31. The smallest absolute Gasteiger partial charge is 0.329 e. The third-order valence-corrected chi connectivity index (χ3v) is 4.94. The van der Waals surface area contributed by atoms with Crippen molar-refractivity contribution >= 4 is 29.6 Å². The maximum Gasteiger partial charge on any atom is 0.329 e. The number of amides is 2. The van der Waals surface area contributed by atoms with E-state index in [1.165, 1.54) is 6.21 Å². The number of hydrazone groups is 1. The van der Waals surface area contributed by atoms with Gasteiger partial charge in [-0.25, -0.2) is 5.43 Å². The van der Waals surface area contributed by atoms with E-state index < -0.39 is 11.8 Å². The normalized spacial score (nSPS) is 15.5. The molecule has 0 radical (unpaired) electrons. The van der Waals surface area contributed by atoms with Crippen LogP contribution in [0.1, 0.15) is 30.9 Å². The predicted octanol–water partition coefficient (Wildman–Crippen LogP) is 3.06. The van der Waals surface area contributed by atoms with Gasteiger partial charge >= 0.3 is 11.8 Å². The highest BCUT2D eigenvalue weighted by atomic mass is 35.5. The first-order valence-corrected chi connectivity index (χ1v) is 10.8. The van der Waals surface area contributed by atoms with Crippen molar-refractivity contribution in [2.24, 2.45) is 5.10 Å². The zero-order valence-corrected chi connectivity index (χ0v) is 18.6. The summed E-state index contributed by atoms with van der Waals surface area (Å²) < 4.78 is 16.9. The van der Waals surface area contributed by atoms with E-state index in [-0.39, 0.29) is 6.10 Å². The Labute approximate surface area is 191 Å². The van der Waals surface area contributed by atoms with E-state index in [0.717, 1.165) is 18.4 Å². The van der Waals surface area contributed by atoms with Crippen LogP contribution in [-0.4, -0.2) is 43.9 Å². The van der Waals surface area contributed by atoms with E-state index >= 15 is 0 Å². The summed E-state index contributed by atoms with van der Waals surface area (Å²) in [6.07, 6.45) is 3.16. The standard InChI is InChI=1S/C23H26ClN3O5/c1-2-30-20-12-17(11-19(24)21(20)32-15-16-7-4-3-5-8-16)13-26-27-23(29)22(28)25-14-18-9-6-10-31-18/h3-5,7-8,11-13,18H,2,6,9-10,14-15H2,1H3,(H,25,28)(H,27,29)/b26-13-/t18-/m0/s1. The third-order valence-electron chi connectivity index (χ3n) is 4.66. The Morgan fingerprint density at radius 2 is 2.03 bits per heavy atom.